The van der Waals surface area contributed by atoms with E-state index >= 15 is 0 Å². The molecule has 0 aliphatic carbocycles. The topological polar surface area (TPSA) is 119 Å². The van der Waals surface area contributed by atoms with Crippen molar-refractivity contribution in [1.82, 2.24) is 4.98 Å². The number of nitro benzene ring substituents is 1. The summed E-state index contributed by atoms with van der Waals surface area (Å²) in [6, 6.07) is 11.4. The fourth-order valence-electron chi connectivity index (χ4n) is 2.23. The molecule has 1 amide bonds. The molecular weight excluding hydrogens is 438 g/mol. The van der Waals surface area contributed by atoms with Crippen molar-refractivity contribution in [2.75, 3.05) is 5.32 Å². The molecule has 8 nitrogen and oxygen atoms in total. The third-order valence-electron chi connectivity index (χ3n) is 3.61. The Morgan fingerprint density at radius 3 is 2.59 bits per heavy atom. The van der Waals surface area contributed by atoms with Crippen LogP contribution in [0.3, 0.4) is 0 Å². The van der Waals surface area contributed by atoms with Crippen molar-refractivity contribution in [3.05, 3.63) is 81.5 Å². The number of nitrogens with zero attached hydrogens (tertiary/aromatic N) is 2. The van der Waals surface area contributed by atoms with Gasteiger partial charge in [-0.1, -0.05) is 35.1 Å². The number of amides is 1. The van der Waals surface area contributed by atoms with Gasteiger partial charge < -0.3 is 0 Å². The Hall–Kier alpha value is -3.08. The number of hydrogen-bond donors (Lipinski definition) is 1. The first-order valence-electron chi connectivity index (χ1n) is 7.96. The largest absolute Gasteiger partial charge is 0.298 e. The maximum atomic E-state index is 12.6. The van der Waals surface area contributed by atoms with E-state index in [-0.39, 0.29) is 19.9 Å². The number of sulfone groups is 1. The van der Waals surface area contributed by atoms with Gasteiger partial charge in [0.2, 0.25) is 15.7 Å². The second-order valence-corrected chi connectivity index (χ2v) is 9.26. The lowest BCUT2D eigenvalue weighted by atomic mass is 10.2. The summed E-state index contributed by atoms with van der Waals surface area (Å²) in [5.41, 5.74) is 0.515. The highest BCUT2D eigenvalue weighted by atomic mass is 35.5. The number of halogens is 1. The van der Waals surface area contributed by atoms with Gasteiger partial charge in [-0.05, 0) is 35.9 Å². The number of non-ortho nitro benzene ring substituents is 1. The smallest absolute Gasteiger partial charge is 0.269 e. The highest BCUT2D eigenvalue weighted by Gasteiger charge is 2.22. The van der Waals surface area contributed by atoms with E-state index in [0.29, 0.717) is 5.02 Å². The molecule has 1 aromatic heterocycles. The quantitative estimate of drug-likeness (QED) is 0.342. The second kappa shape index (κ2) is 8.52. The third-order valence-corrected chi connectivity index (χ3v) is 6.99. The van der Waals surface area contributed by atoms with Gasteiger partial charge in [-0.15, -0.1) is 0 Å². The number of anilines is 1. The molecule has 3 aromatic rings. The Labute approximate surface area is 174 Å². The van der Waals surface area contributed by atoms with E-state index in [0.717, 1.165) is 47.4 Å². The van der Waals surface area contributed by atoms with Crippen LogP contribution in [0.1, 0.15) is 5.56 Å². The van der Waals surface area contributed by atoms with Crippen molar-refractivity contribution in [2.24, 2.45) is 0 Å². The molecule has 0 saturated heterocycles. The first-order chi connectivity index (χ1) is 13.8. The lowest BCUT2D eigenvalue weighted by Crippen LogP contribution is -2.07. The zero-order valence-electron chi connectivity index (χ0n) is 14.5. The Bertz CT molecular complexity index is 1200. The average Bonchev–Trinajstić information content (AvgIpc) is 3.16. The molecule has 0 fully saturated rings. The number of rotatable bonds is 6. The average molecular weight is 450 g/mol. The van der Waals surface area contributed by atoms with Crippen LogP contribution >= 0.6 is 22.9 Å². The summed E-state index contributed by atoms with van der Waals surface area (Å²) < 4.78 is 25.1. The molecule has 0 aliphatic rings. The van der Waals surface area contributed by atoms with Crippen molar-refractivity contribution < 1.29 is 18.1 Å². The summed E-state index contributed by atoms with van der Waals surface area (Å²) in [4.78, 5) is 25.9. The molecule has 0 atom stereocenters. The summed E-state index contributed by atoms with van der Waals surface area (Å²) >= 11 is 6.65. The first kappa shape index (κ1) is 20.6. The Morgan fingerprint density at radius 1 is 1.21 bits per heavy atom. The number of thiazole rings is 1. The number of aromatic nitrogens is 1. The van der Waals surface area contributed by atoms with E-state index in [1.807, 2.05) is 0 Å². The number of carbonyl (C=O) groups excluding carboxylic acids is 1. The van der Waals surface area contributed by atoms with Gasteiger partial charge in [0, 0.05) is 23.2 Å². The predicted molar refractivity (Wildman–Crippen MR) is 110 cm³/mol. The molecule has 0 aliphatic heterocycles. The maximum Gasteiger partial charge on any atom is 0.269 e. The van der Waals surface area contributed by atoms with E-state index in [1.165, 1.54) is 6.08 Å². The molecule has 0 unspecified atom stereocenters. The van der Waals surface area contributed by atoms with Crippen molar-refractivity contribution in [3.8, 4) is 0 Å². The minimum atomic E-state index is -3.91. The van der Waals surface area contributed by atoms with Crippen LogP contribution in [0.2, 0.25) is 5.02 Å². The van der Waals surface area contributed by atoms with Gasteiger partial charge in [0.05, 0.1) is 16.0 Å². The van der Waals surface area contributed by atoms with Crippen LogP contribution in [-0.2, 0) is 14.6 Å². The number of nitrogens with one attached hydrogen (secondary N) is 1. The normalized spacial score (nSPS) is 11.5. The summed E-state index contributed by atoms with van der Waals surface area (Å²) in [5, 5.41) is 13.8. The fraction of sp³-hybridized carbons (Fsp3) is 0. The van der Waals surface area contributed by atoms with E-state index in [1.54, 1.807) is 30.3 Å². The molecular formula is C18H12ClN3O5S2. The van der Waals surface area contributed by atoms with E-state index in [9.17, 15) is 23.3 Å². The van der Waals surface area contributed by atoms with Crippen molar-refractivity contribution in [1.29, 1.82) is 0 Å². The van der Waals surface area contributed by atoms with Crippen molar-refractivity contribution in [3.63, 3.8) is 0 Å². The molecule has 1 heterocycles. The Balaban J connectivity index is 1.72. The second-order valence-electron chi connectivity index (χ2n) is 5.62. The SMILES string of the molecule is O=C(/C=C/c1cccc(Cl)c1)Nc1ncc(S(=O)(=O)c2ccc([N+](=O)[O-])cc2)s1. The number of benzene rings is 2. The van der Waals surface area contributed by atoms with Gasteiger partial charge in [0.25, 0.3) is 5.69 Å². The number of hydrogen-bond acceptors (Lipinski definition) is 7. The summed E-state index contributed by atoms with van der Waals surface area (Å²) in [5.74, 6) is -0.487. The zero-order valence-corrected chi connectivity index (χ0v) is 16.9. The van der Waals surface area contributed by atoms with Crippen LogP contribution in [-0.4, -0.2) is 24.2 Å². The lowest BCUT2D eigenvalue weighted by Gasteiger charge is -2.00. The maximum absolute atomic E-state index is 12.6. The van der Waals surface area contributed by atoms with Gasteiger partial charge in [-0.25, -0.2) is 13.4 Å². The lowest BCUT2D eigenvalue weighted by molar-refractivity contribution is -0.384. The van der Waals surface area contributed by atoms with Crippen LogP contribution in [0, 0.1) is 10.1 Å². The molecule has 0 bridgehead atoms. The monoisotopic (exact) mass is 449 g/mol. The first-order valence-corrected chi connectivity index (χ1v) is 10.6. The Kier molecular flexibility index (Phi) is 6.06. The molecule has 3 rings (SSSR count). The molecule has 0 spiro atoms. The molecule has 0 radical (unpaired) electrons. The van der Waals surface area contributed by atoms with Gasteiger partial charge in [-0.3, -0.25) is 20.2 Å². The molecule has 1 N–H and O–H groups in total. The van der Waals surface area contributed by atoms with Crippen LogP contribution in [0.25, 0.3) is 6.08 Å². The minimum Gasteiger partial charge on any atom is -0.298 e. The standard InChI is InChI=1S/C18H12ClN3O5S2/c19-13-3-1-2-12(10-13)4-9-16(23)21-18-20-11-17(28-18)29(26,27)15-7-5-14(6-8-15)22(24)25/h1-11H,(H,20,21,23)/b9-4+. The molecule has 29 heavy (non-hydrogen) atoms. The summed E-state index contributed by atoms with van der Waals surface area (Å²) in [6.45, 7) is 0. The summed E-state index contributed by atoms with van der Waals surface area (Å²) in [7, 11) is -3.91. The van der Waals surface area contributed by atoms with Crippen LogP contribution in [0.15, 0.2) is 69.9 Å². The van der Waals surface area contributed by atoms with E-state index < -0.39 is 20.7 Å². The van der Waals surface area contributed by atoms with Crippen LogP contribution in [0.4, 0.5) is 10.8 Å². The molecule has 0 saturated carbocycles. The van der Waals surface area contributed by atoms with E-state index in [4.69, 9.17) is 11.6 Å². The van der Waals surface area contributed by atoms with Crippen molar-refractivity contribution in [2.45, 2.75) is 9.10 Å². The number of carbonyl (C=O) groups is 1. The predicted octanol–water partition coefficient (Wildman–Crippen LogP) is 4.19. The molecule has 11 heteroatoms. The van der Waals surface area contributed by atoms with Crippen LogP contribution in [0.5, 0.6) is 0 Å². The summed E-state index contributed by atoms with van der Waals surface area (Å²) in [6.07, 6.45) is 3.96. The Morgan fingerprint density at radius 2 is 1.93 bits per heavy atom. The van der Waals surface area contributed by atoms with Gasteiger partial charge in [0.15, 0.2) is 5.13 Å². The van der Waals surface area contributed by atoms with Crippen molar-refractivity contribution >= 4 is 55.6 Å². The third kappa shape index (κ3) is 5.05. The van der Waals surface area contributed by atoms with Crippen LogP contribution < -0.4 is 5.32 Å². The van der Waals surface area contributed by atoms with Gasteiger partial charge in [0.1, 0.15) is 4.21 Å². The van der Waals surface area contributed by atoms with E-state index in [2.05, 4.69) is 10.3 Å². The molecule has 2 aromatic carbocycles. The molecule has 148 valence electrons. The highest BCUT2D eigenvalue weighted by molar-refractivity contribution is 7.93. The minimum absolute atomic E-state index is 0.0968. The number of nitro groups is 1. The highest BCUT2D eigenvalue weighted by Crippen LogP contribution is 2.29. The van der Waals surface area contributed by atoms with Gasteiger partial charge >= 0.3 is 0 Å². The zero-order chi connectivity index (χ0) is 21.0. The van der Waals surface area contributed by atoms with Gasteiger partial charge in [-0.2, -0.15) is 0 Å². The fourth-order valence-corrected chi connectivity index (χ4v) is 4.87.